The highest BCUT2D eigenvalue weighted by molar-refractivity contribution is 5.96. The molecule has 4 fully saturated rings. The number of nitrogens with zero attached hydrogens (tertiary/aromatic N) is 5. The third-order valence-electron chi connectivity index (χ3n) is 12.1. The second kappa shape index (κ2) is 16.5. The molecule has 16 heteroatoms. The lowest BCUT2D eigenvalue weighted by Crippen LogP contribution is -2.59. The number of carboxylic acids is 1. The number of carbonyl (C=O) groups excluding carboxylic acids is 3. The first-order valence-corrected chi connectivity index (χ1v) is 21.0. The zero-order chi connectivity index (χ0) is 42.4. The predicted octanol–water partition coefficient (Wildman–Crippen LogP) is 4.84. The number of carbonyl (C=O) groups is 4. The normalized spacial score (nSPS) is 26.4. The molecule has 7 rings (SSSR count). The lowest BCUT2D eigenvalue weighted by atomic mass is 9.85. The molecule has 3 heterocycles. The third-order valence-corrected chi connectivity index (χ3v) is 12.1. The van der Waals surface area contributed by atoms with Gasteiger partial charge in [-0.05, 0) is 88.9 Å². The minimum atomic E-state index is -1.40. The van der Waals surface area contributed by atoms with Crippen molar-refractivity contribution in [3.05, 3.63) is 36.5 Å². The van der Waals surface area contributed by atoms with Crippen LogP contribution in [0.2, 0.25) is 0 Å². The molecule has 1 saturated heterocycles. The Morgan fingerprint density at radius 2 is 1.78 bits per heavy atom. The average Bonchev–Trinajstić information content (AvgIpc) is 3.83. The van der Waals surface area contributed by atoms with Crippen molar-refractivity contribution < 1.29 is 38.5 Å². The summed E-state index contributed by atoms with van der Waals surface area (Å²) >= 11 is 0. The number of aromatic nitrogens is 3. The average molecular weight is 817 g/mol. The lowest BCUT2D eigenvalue weighted by molar-refractivity contribution is -0.146. The predicted molar refractivity (Wildman–Crippen MR) is 221 cm³/mol. The molecule has 4 aliphatic rings. The van der Waals surface area contributed by atoms with Gasteiger partial charge in [-0.25, -0.2) is 19.3 Å². The minimum absolute atomic E-state index is 0.00139. The molecule has 0 spiro atoms. The maximum absolute atomic E-state index is 14.7. The molecule has 16 nitrogen and oxygen atoms in total. The van der Waals surface area contributed by atoms with Crippen LogP contribution in [-0.4, -0.2) is 123 Å². The molecule has 0 radical (unpaired) electrons. The fourth-order valence-electron chi connectivity index (χ4n) is 8.66. The molecule has 3 amide bonds. The Morgan fingerprint density at radius 3 is 2.42 bits per heavy atom. The van der Waals surface area contributed by atoms with E-state index in [-0.39, 0.29) is 31.0 Å². The van der Waals surface area contributed by atoms with Crippen LogP contribution in [0.1, 0.15) is 80.1 Å². The maximum atomic E-state index is 14.7. The van der Waals surface area contributed by atoms with Gasteiger partial charge in [-0.1, -0.05) is 34.1 Å². The Labute approximate surface area is 345 Å². The van der Waals surface area contributed by atoms with Gasteiger partial charge in [0.1, 0.15) is 53.8 Å². The Hall–Kier alpha value is -5.12. The number of carboxylic acid groups (broad SMARTS) is 1. The summed E-state index contributed by atoms with van der Waals surface area (Å²) in [5, 5.41) is 24.5. The monoisotopic (exact) mass is 816 g/mol. The van der Waals surface area contributed by atoms with Crippen LogP contribution in [0.3, 0.4) is 0 Å². The maximum Gasteiger partial charge on any atom is 0.408 e. The Kier molecular flexibility index (Phi) is 11.8. The second-order valence-electron chi connectivity index (χ2n) is 18.5. The van der Waals surface area contributed by atoms with Crippen molar-refractivity contribution in [2.45, 2.75) is 116 Å². The largest absolute Gasteiger partial charge is 0.492 e. The van der Waals surface area contributed by atoms with Gasteiger partial charge in [0, 0.05) is 48.8 Å². The first kappa shape index (κ1) is 42.0. The summed E-state index contributed by atoms with van der Waals surface area (Å²) in [5.74, 6) is 1.07. The Morgan fingerprint density at radius 1 is 1.03 bits per heavy atom. The summed E-state index contributed by atoms with van der Waals surface area (Å²) in [4.78, 5) is 63.1. The minimum Gasteiger partial charge on any atom is -0.492 e. The Bertz CT molecular complexity index is 2050. The van der Waals surface area contributed by atoms with Gasteiger partial charge >= 0.3 is 12.1 Å². The van der Waals surface area contributed by atoms with Crippen LogP contribution >= 0.6 is 0 Å². The quantitative estimate of drug-likeness (QED) is 0.154. The Balaban J connectivity index is 1.19. The highest BCUT2D eigenvalue weighted by Gasteiger charge is 2.61. The summed E-state index contributed by atoms with van der Waals surface area (Å²) in [6.07, 6.45) is 4.05. The number of likely N-dealkylation sites (N-methyl/N-ethyl adjacent to an activating group) is 1. The van der Waals surface area contributed by atoms with E-state index in [0.717, 1.165) is 19.4 Å². The molecule has 1 aromatic carbocycles. The number of benzene rings is 1. The summed E-state index contributed by atoms with van der Waals surface area (Å²) in [5.41, 5.74) is -1.58. The van der Waals surface area contributed by atoms with Crippen molar-refractivity contribution >= 4 is 40.6 Å². The van der Waals surface area contributed by atoms with Crippen LogP contribution in [0.15, 0.2) is 36.5 Å². The number of pyridine rings is 1. The highest BCUT2D eigenvalue weighted by atomic mass is 16.6. The number of hydrogen-bond donors (Lipinski definition) is 4. The number of fused-ring (bicyclic) bond motifs is 2. The molecular formula is C43H60N8O8. The summed E-state index contributed by atoms with van der Waals surface area (Å²) in [7, 11) is 3.95. The molecule has 3 saturated carbocycles. The van der Waals surface area contributed by atoms with Crippen molar-refractivity contribution in [2.75, 3.05) is 39.1 Å². The van der Waals surface area contributed by atoms with Crippen LogP contribution in [0, 0.1) is 23.2 Å². The summed E-state index contributed by atoms with van der Waals surface area (Å²) in [6.45, 7) is 12.7. The zero-order valence-electron chi connectivity index (χ0n) is 35.5. The fourth-order valence-corrected chi connectivity index (χ4v) is 8.66. The zero-order valence-corrected chi connectivity index (χ0v) is 35.5. The second-order valence-corrected chi connectivity index (χ2v) is 18.5. The highest BCUT2D eigenvalue weighted by Crippen LogP contribution is 2.52. The summed E-state index contributed by atoms with van der Waals surface area (Å²) in [6, 6.07) is 7.24. The number of likely N-dealkylation sites (tertiary alicyclic amines) is 1. The van der Waals surface area contributed by atoms with E-state index < -0.39 is 53.0 Å². The smallest absolute Gasteiger partial charge is 0.408 e. The van der Waals surface area contributed by atoms with Crippen LogP contribution in [-0.2, 0) is 19.1 Å². The molecule has 8 atom stereocenters. The van der Waals surface area contributed by atoms with Crippen molar-refractivity contribution in [3.8, 4) is 17.3 Å². The van der Waals surface area contributed by atoms with E-state index in [1.165, 1.54) is 11.3 Å². The topological polar surface area (TPSA) is 189 Å². The van der Waals surface area contributed by atoms with E-state index in [2.05, 4.69) is 21.0 Å². The van der Waals surface area contributed by atoms with Gasteiger partial charge in [0.15, 0.2) is 5.82 Å². The van der Waals surface area contributed by atoms with Gasteiger partial charge in [0.05, 0.1) is 12.1 Å². The first-order chi connectivity index (χ1) is 27.9. The van der Waals surface area contributed by atoms with Crippen LogP contribution in [0.25, 0.3) is 16.7 Å². The van der Waals surface area contributed by atoms with Crippen molar-refractivity contribution in [1.29, 1.82) is 0 Å². The number of nitrogens with one attached hydrogen (secondary N) is 3. The molecule has 4 N–H and O–H groups in total. The number of anilines is 1. The fraction of sp³-hybridized carbons (Fsp3) is 0.628. The van der Waals surface area contributed by atoms with Gasteiger partial charge in [-0.2, -0.15) is 0 Å². The number of ether oxygens (including phenoxy) is 3. The van der Waals surface area contributed by atoms with Gasteiger partial charge in [-0.3, -0.25) is 9.59 Å². The molecular weight excluding hydrogens is 757 g/mol. The number of alkyl carbamates (subject to hydrolysis) is 1. The third kappa shape index (κ3) is 9.37. The van der Waals surface area contributed by atoms with E-state index in [0.29, 0.717) is 65.3 Å². The molecule has 1 aliphatic heterocycles. The first-order valence-electron chi connectivity index (χ1n) is 21.0. The molecule has 59 heavy (non-hydrogen) atoms. The lowest BCUT2D eigenvalue weighted by Gasteiger charge is -2.35. The number of hydrogen-bond acceptors (Lipinski definition) is 11. The van der Waals surface area contributed by atoms with Crippen LogP contribution in [0.5, 0.6) is 11.5 Å². The number of rotatable bonds is 16. The van der Waals surface area contributed by atoms with Gasteiger partial charge < -0.3 is 45.1 Å². The van der Waals surface area contributed by atoms with E-state index in [1.54, 1.807) is 16.9 Å². The molecule has 3 aromatic rings. The van der Waals surface area contributed by atoms with Crippen LogP contribution < -0.4 is 25.4 Å². The van der Waals surface area contributed by atoms with Gasteiger partial charge in [-0.15, -0.1) is 5.10 Å². The number of amides is 3. The number of aliphatic carboxylic acids is 1. The molecule has 320 valence electrons. The van der Waals surface area contributed by atoms with Gasteiger partial charge in [0.2, 0.25) is 11.8 Å². The van der Waals surface area contributed by atoms with Crippen molar-refractivity contribution in [2.24, 2.45) is 23.2 Å². The van der Waals surface area contributed by atoms with Crippen molar-refractivity contribution in [3.63, 3.8) is 0 Å². The van der Waals surface area contributed by atoms with E-state index in [4.69, 9.17) is 19.2 Å². The SMILES string of the molecule is CCC1CC1(NC(=O)C1C[C@@H](Oc2cc(-n3ccc(NC(C)C)n3)nc3cc(OCCN(C)C)ccc23)CN1C(=O)[C@@H](NC(=O)OC1C[C@@H]2C[C@@H]2C1)C(C)(C)C)C(=O)O. The molecule has 4 unspecified atom stereocenters. The van der Waals surface area contributed by atoms with E-state index in [9.17, 15) is 24.3 Å². The molecule has 2 aromatic heterocycles. The molecule has 3 aliphatic carbocycles. The van der Waals surface area contributed by atoms with E-state index in [1.807, 2.05) is 84.8 Å². The van der Waals surface area contributed by atoms with E-state index >= 15 is 0 Å². The van der Waals surface area contributed by atoms with Gasteiger partial charge in [0.25, 0.3) is 0 Å². The van der Waals surface area contributed by atoms with Crippen molar-refractivity contribution in [1.82, 2.24) is 35.2 Å². The molecule has 0 bridgehead atoms. The van der Waals surface area contributed by atoms with Crippen LogP contribution in [0.4, 0.5) is 10.6 Å². The summed E-state index contributed by atoms with van der Waals surface area (Å²) < 4.78 is 20.2. The standard InChI is InChI=1S/C43H60N8O8/c1-9-27-22-43(27,40(54)55)47-38(52)33-20-30(23-50(33)39(53)37(42(4,5)6)46-41(56)59-29-17-25-16-26(25)18-29)58-34-21-36(51-13-12-35(48-51)44-24(2)3)45-32-19-28(10-11-31(32)34)57-15-14-49(7)8/h10-13,19,21,24-27,29-30,33,37H,9,14-18,20,22-23H2,1-8H3,(H,44,48)(H,46,56)(H,47,52)(H,54,55)/t25-,26+,27?,29?,30-,33?,37-,43?/m1/s1.